The van der Waals surface area contributed by atoms with Crippen LogP contribution in [0.4, 0.5) is 0 Å². The Morgan fingerprint density at radius 2 is 1.61 bits per heavy atom. The van der Waals surface area contributed by atoms with E-state index >= 15 is 0 Å². The first kappa shape index (κ1) is 17.3. The number of nitrogens with one attached hydrogen (secondary N) is 2. The summed E-state index contributed by atoms with van der Waals surface area (Å²) in [5, 5.41) is 2.87. The molecule has 0 spiro atoms. The highest BCUT2D eigenvalue weighted by atomic mass is 32.2. The zero-order valence-electron chi connectivity index (χ0n) is 13.0. The van der Waals surface area contributed by atoms with Crippen molar-refractivity contribution in [1.82, 2.24) is 10.0 Å². The lowest BCUT2D eigenvalue weighted by molar-refractivity contribution is -0.127. The molecule has 0 saturated heterocycles. The van der Waals surface area contributed by atoms with Gasteiger partial charge in [-0.3, -0.25) is 9.00 Å². The van der Waals surface area contributed by atoms with Crippen molar-refractivity contribution < 1.29 is 13.6 Å². The first-order valence-electron chi connectivity index (χ1n) is 7.22. The van der Waals surface area contributed by atoms with E-state index in [9.17, 15) is 13.6 Å². The predicted octanol–water partition coefficient (Wildman–Crippen LogP) is 2.16. The molecule has 6 heteroatoms. The van der Waals surface area contributed by atoms with Crippen LogP contribution in [0.2, 0.25) is 0 Å². The second kappa shape index (κ2) is 7.50. The fourth-order valence-electron chi connectivity index (χ4n) is 2.34. The van der Waals surface area contributed by atoms with Gasteiger partial charge in [0.1, 0.15) is 5.54 Å². The molecule has 0 aromatic heterocycles. The number of carbonyl (C=O) groups is 1. The summed E-state index contributed by atoms with van der Waals surface area (Å²) >= 11 is -2.58. The molecular formula is C17H19N2O3S-. The molecule has 2 aromatic rings. The van der Waals surface area contributed by atoms with Crippen LogP contribution in [0.25, 0.3) is 0 Å². The standard InChI is InChI=1S/C17H20N2O3S/c1-13(14-9-5-3-6-10-14)18-16(20)17(2,19-23(21)22)15-11-7-4-8-12-15/h3-13,19H,1-2H3,(H,18,20)(H,21,22)/p-1. The van der Waals surface area contributed by atoms with Crippen LogP contribution >= 0.6 is 0 Å². The van der Waals surface area contributed by atoms with E-state index in [1.54, 1.807) is 31.2 Å². The van der Waals surface area contributed by atoms with Gasteiger partial charge in [0.2, 0.25) is 5.91 Å². The van der Waals surface area contributed by atoms with E-state index < -0.39 is 22.7 Å². The average molecular weight is 331 g/mol. The lowest BCUT2D eigenvalue weighted by atomic mass is 9.91. The van der Waals surface area contributed by atoms with E-state index in [2.05, 4.69) is 10.0 Å². The Kier molecular flexibility index (Phi) is 5.65. The van der Waals surface area contributed by atoms with Crippen molar-refractivity contribution in [2.24, 2.45) is 0 Å². The van der Waals surface area contributed by atoms with Gasteiger partial charge in [-0.25, -0.2) is 4.72 Å². The first-order chi connectivity index (χ1) is 10.9. The number of hydrogen-bond donors (Lipinski definition) is 2. The van der Waals surface area contributed by atoms with Crippen molar-refractivity contribution in [3.63, 3.8) is 0 Å². The molecule has 0 aliphatic rings. The van der Waals surface area contributed by atoms with Crippen molar-refractivity contribution in [3.8, 4) is 0 Å². The molecule has 2 rings (SSSR count). The molecule has 1 amide bonds. The van der Waals surface area contributed by atoms with Gasteiger partial charge < -0.3 is 9.87 Å². The monoisotopic (exact) mass is 331 g/mol. The molecule has 3 atom stereocenters. The van der Waals surface area contributed by atoms with Gasteiger partial charge >= 0.3 is 0 Å². The summed E-state index contributed by atoms with van der Waals surface area (Å²) in [7, 11) is 0. The van der Waals surface area contributed by atoms with Gasteiger partial charge in [0.05, 0.1) is 6.04 Å². The Bertz CT molecular complexity index is 679. The van der Waals surface area contributed by atoms with Crippen molar-refractivity contribution in [2.45, 2.75) is 25.4 Å². The van der Waals surface area contributed by atoms with Crippen LogP contribution in [0.1, 0.15) is 31.0 Å². The highest BCUT2D eigenvalue weighted by Gasteiger charge is 2.36. The van der Waals surface area contributed by atoms with Gasteiger partial charge in [0.15, 0.2) is 0 Å². The molecule has 3 unspecified atom stereocenters. The van der Waals surface area contributed by atoms with E-state index in [-0.39, 0.29) is 6.04 Å². The zero-order chi connectivity index (χ0) is 16.9. The number of amides is 1. The molecule has 0 heterocycles. The molecule has 0 fully saturated rings. The van der Waals surface area contributed by atoms with Crippen molar-refractivity contribution in [3.05, 3.63) is 71.8 Å². The largest absolute Gasteiger partial charge is 0.760 e. The van der Waals surface area contributed by atoms with Crippen LogP contribution in [0.3, 0.4) is 0 Å². The van der Waals surface area contributed by atoms with Crippen molar-refractivity contribution >= 4 is 17.2 Å². The maximum Gasteiger partial charge on any atom is 0.245 e. The summed E-state index contributed by atoms with van der Waals surface area (Å²) in [6.45, 7) is 3.40. The summed E-state index contributed by atoms with van der Waals surface area (Å²) in [5.41, 5.74) is 0.137. The maximum absolute atomic E-state index is 12.7. The maximum atomic E-state index is 12.7. The summed E-state index contributed by atoms with van der Waals surface area (Å²) in [5.74, 6) is -0.413. The average Bonchev–Trinajstić information content (AvgIpc) is 2.55. The van der Waals surface area contributed by atoms with Gasteiger partial charge in [-0.05, 0) is 25.0 Å². The van der Waals surface area contributed by atoms with E-state index in [4.69, 9.17) is 0 Å². The third-order valence-corrected chi connectivity index (χ3v) is 4.31. The molecule has 2 aromatic carbocycles. The predicted molar refractivity (Wildman–Crippen MR) is 88.8 cm³/mol. The molecule has 5 nitrogen and oxygen atoms in total. The lowest BCUT2D eigenvalue weighted by Gasteiger charge is -2.32. The molecule has 0 aliphatic carbocycles. The molecule has 0 bridgehead atoms. The summed E-state index contributed by atoms with van der Waals surface area (Å²) in [6.07, 6.45) is 0. The Morgan fingerprint density at radius 3 is 2.13 bits per heavy atom. The molecule has 2 N–H and O–H groups in total. The number of rotatable bonds is 6. The van der Waals surface area contributed by atoms with Gasteiger partial charge in [0.25, 0.3) is 0 Å². The van der Waals surface area contributed by atoms with E-state index in [0.29, 0.717) is 5.56 Å². The van der Waals surface area contributed by atoms with Gasteiger partial charge in [-0.2, -0.15) is 0 Å². The van der Waals surface area contributed by atoms with Crippen LogP contribution in [0.5, 0.6) is 0 Å². The number of hydrogen-bond acceptors (Lipinski definition) is 3. The summed E-state index contributed by atoms with van der Waals surface area (Å²) in [6, 6.07) is 18.0. The van der Waals surface area contributed by atoms with Gasteiger partial charge in [-0.1, -0.05) is 60.7 Å². The SMILES string of the molecule is CC(NC(=O)C(C)(NS(=O)[O-])c1ccccc1)c1ccccc1. The van der Waals surface area contributed by atoms with Crippen LogP contribution in [0, 0.1) is 0 Å². The molecule has 0 saturated carbocycles. The Hall–Kier alpha value is -2.02. The highest BCUT2D eigenvalue weighted by Crippen LogP contribution is 2.23. The third kappa shape index (κ3) is 4.25. The fraction of sp³-hybridized carbons (Fsp3) is 0.235. The van der Waals surface area contributed by atoms with Crippen LogP contribution in [0.15, 0.2) is 60.7 Å². The Morgan fingerprint density at radius 1 is 1.09 bits per heavy atom. The highest BCUT2D eigenvalue weighted by molar-refractivity contribution is 7.77. The third-order valence-electron chi connectivity index (χ3n) is 3.74. The van der Waals surface area contributed by atoms with Crippen molar-refractivity contribution in [2.75, 3.05) is 0 Å². The summed E-state index contributed by atoms with van der Waals surface area (Å²) < 4.78 is 24.6. The number of carbonyl (C=O) groups excluding carboxylic acids is 1. The smallest absolute Gasteiger partial charge is 0.245 e. The Labute approximate surface area is 138 Å². The molecular weight excluding hydrogens is 312 g/mol. The molecule has 0 radical (unpaired) electrons. The second-order valence-corrected chi connectivity index (χ2v) is 6.11. The van der Waals surface area contributed by atoms with Crippen LogP contribution < -0.4 is 10.0 Å². The Balaban J connectivity index is 2.25. The van der Waals surface area contributed by atoms with Gasteiger partial charge in [0, 0.05) is 11.3 Å². The van der Waals surface area contributed by atoms with Crippen molar-refractivity contribution in [1.29, 1.82) is 0 Å². The minimum absolute atomic E-state index is 0.242. The fourth-order valence-corrected chi connectivity index (χ4v) is 2.88. The molecule has 122 valence electrons. The second-order valence-electron chi connectivity index (χ2n) is 5.43. The number of benzene rings is 2. The lowest BCUT2D eigenvalue weighted by Crippen LogP contribution is -2.53. The molecule has 23 heavy (non-hydrogen) atoms. The van der Waals surface area contributed by atoms with Crippen LogP contribution in [-0.4, -0.2) is 14.7 Å². The molecule has 0 aliphatic heterocycles. The summed E-state index contributed by atoms with van der Waals surface area (Å²) in [4.78, 5) is 12.7. The van der Waals surface area contributed by atoms with Gasteiger partial charge in [-0.15, -0.1) is 0 Å². The minimum atomic E-state index is -2.58. The van der Waals surface area contributed by atoms with E-state index in [1.807, 2.05) is 43.3 Å². The topological polar surface area (TPSA) is 81.3 Å². The first-order valence-corrected chi connectivity index (χ1v) is 8.29. The quantitative estimate of drug-likeness (QED) is 0.796. The minimum Gasteiger partial charge on any atom is -0.760 e. The van der Waals surface area contributed by atoms with E-state index in [1.165, 1.54) is 0 Å². The van der Waals surface area contributed by atoms with Crippen LogP contribution in [-0.2, 0) is 21.6 Å². The van der Waals surface area contributed by atoms with E-state index in [0.717, 1.165) is 5.56 Å². The normalized spacial score (nSPS) is 16.1. The zero-order valence-corrected chi connectivity index (χ0v) is 13.8.